The van der Waals surface area contributed by atoms with Crippen LogP contribution in [0.15, 0.2) is 23.1 Å². The van der Waals surface area contributed by atoms with Crippen molar-refractivity contribution < 1.29 is 13.2 Å². The molecule has 5 nitrogen and oxygen atoms in total. The molecule has 20 heavy (non-hydrogen) atoms. The number of sulfonamides is 1. The van der Waals surface area contributed by atoms with Crippen molar-refractivity contribution in [2.75, 3.05) is 12.3 Å². The van der Waals surface area contributed by atoms with Crippen LogP contribution in [-0.4, -0.2) is 20.6 Å². The summed E-state index contributed by atoms with van der Waals surface area (Å²) in [5, 5.41) is 0. The lowest BCUT2D eigenvalue weighted by molar-refractivity contribution is 0.330. The van der Waals surface area contributed by atoms with Crippen molar-refractivity contribution in [3.8, 4) is 5.75 Å². The van der Waals surface area contributed by atoms with Gasteiger partial charge in [-0.1, -0.05) is 13.8 Å². The lowest BCUT2D eigenvalue weighted by Gasteiger charge is -2.28. The molecule has 0 saturated heterocycles. The molecule has 1 aromatic carbocycles. The lowest BCUT2D eigenvalue weighted by Crippen LogP contribution is -2.44. The fraction of sp³-hybridized carbons (Fsp3) is 0.571. The summed E-state index contributed by atoms with van der Waals surface area (Å²) < 4.78 is 33.3. The van der Waals surface area contributed by atoms with Gasteiger partial charge in [0.15, 0.2) is 0 Å². The van der Waals surface area contributed by atoms with Gasteiger partial charge in [0, 0.05) is 11.2 Å². The Balaban J connectivity index is 3.24. The van der Waals surface area contributed by atoms with Crippen LogP contribution in [0.25, 0.3) is 0 Å². The second-order valence-electron chi connectivity index (χ2n) is 5.01. The topological polar surface area (TPSA) is 81.4 Å². The van der Waals surface area contributed by atoms with Crippen LogP contribution in [0.4, 0.5) is 5.69 Å². The van der Waals surface area contributed by atoms with Crippen LogP contribution in [0.5, 0.6) is 5.75 Å². The molecule has 0 aliphatic heterocycles. The number of nitrogen functional groups attached to an aromatic ring is 1. The third kappa shape index (κ3) is 3.86. The molecule has 1 aromatic rings. The van der Waals surface area contributed by atoms with Gasteiger partial charge in [-0.15, -0.1) is 0 Å². The van der Waals surface area contributed by atoms with Gasteiger partial charge in [0.05, 0.1) is 6.61 Å². The van der Waals surface area contributed by atoms with E-state index < -0.39 is 15.6 Å². The molecule has 6 heteroatoms. The maximum atomic E-state index is 12.6. The number of nitrogens with one attached hydrogen (secondary N) is 1. The Morgan fingerprint density at radius 2 is 1.85 bits per heavy atom. The fourth-order valence-electron chi connectivity index (χ4n) is 1.78. The Bertz CT molecular complexity index is 552. The van der Waals surface area contributed by atoms with Crippen LogP contribution in [-0.2, 0) is 10.0 Å². The minimum Gasteiger partial charge on any atom is -0.492 e. The van der Waals surface area contributed by atoms with Crippen LogP contribution >= 0.6 is 0 Å². The average molecular weight is 300 g/mol. The third-order valence-corrected chi connectivity index (χ3v) is 5.16. The maximum absolute atomic E-state index is 12.6. The van der Waals surface area contributed by atoms with Gasteiger partial charge in [0.25, 0.3) is 0 Å². The van der Waals surface area contributed by atoms with E-state index in [2.05, 4.69) is 4.72 Å². The fourth-order valence-corrected chi connectivity index (χ4v) is 3.51. The zero-order valence-corrected chi connectivity index (χ0v) is 13.4. The van der Waals surface area contributed by atoms with Crippen molar-refractivity contribution in [1.29, 1.82) is 0 Å². The largest absolute Gasteiger partial charge is 0.492 e. The summed E-state index contributed by atoms with van der Waals surface area (Å²) in [6.07, 6.45) is 1.41. The van der Waals surface area contributed by atoms with Gasteiger partial charge < -0.3 is 10.5 Å². The first kappa shape index (κ1) is 16.8. The second kappa shape index (κ2) is 6.45. The van der Waals surface area contributed by atoms with Crippen molar-refractivity contribution in [3.63, 3.8) is 0 Å². The van der Waals surface area contributed by atoms with Crippen LogP contribution in [0.1, 0.15) is 40.5 Å². The Kier molecular flexibility index (Phi) is 5.42. The van der Waals surface area contributed by atoms with Crippen molar-refractivity contribution in [3.05, 3.63) is 18.2 Å². The minimum atomic E-state index is -3.67. The summed E-state index contributed by atoms with van der Waals surface area (Å²) in [5.74, 6) is 0.323. The summed E-state index contributed by atoms with van der Waals surface area (Å²) >= 11 is 0. The van der Waals surface area contributed by atoms with E-state index in [1.165, 1.54) is 6.07 Å². The molecular weight excluding hydrogens is 276 g/mol. The van der Waals surface area contributed by atoms with Gasteiger partial charge in [0.2, 0.25) is 10.0 Å². The predicted octanol–water partition coefficient (Wildman–Crippen LogP) is 2.52. The number of benzene rings is 1. The Hall–Kier alpha value is -1.27. The quantitative estimate of drug-likeness (QED) is 0.758. The van der Waals surface area contributed by atoms with E-state index in [4.69, 9.17) is 10.5 Å². The third-order valence-electron chi connectivity index (χ3n) is 3.50. The van der Waals surface area contributed by atoms with E-state index in [9.17, 15) is 8.42 Å². The highest BCUT2D eigenvalue weighted by molar-refractivity contribution is 7.89. The van der Waals surface area contributed by atoms with Crippen LogP contribution in [0, 0.1) is 0 Å². The van der Waals surface area contributed by atoms with Gasteiger partial charge in [0.1, 0.15) is 10.6 Å². The van der Waals surface area contributed by atoms with E-state index in [1.54, 1.807) is 12.1 Å². The molecule has 0 atom stereocenters. The second-order valence-corrected chi connectivity index (χ2v) is 6.66. The van der Waals surface area contributed by atoms with E-state index in [1.807, 2.05) is 27.7 Å². The minimum absolute atomic E-state index is 0.0903. The summed E-state index contributed by atoms with van der Waals surface area (Å²) in [6, 6.07) is 4.64. The molecule has 0 aliphatic rings. The monoisotopic (exact) mass is 300 g/mol. The standard InChI is InChI=1S/C14H24N2O3S/c1-5-14(4,6-2)16-20(17,18)13-10-11(15)8-9-12(13)19-7-3/h8-10,16H,5-7,15H2,1-4H3. The van der Waals surface area contributed by atoms with Crippen molar-refractivity contribution in [1.82, 2.24) is 4.72 Å². The van der Waals surface area contributed by atoms with Crippen molar-refractivity contribution in [2.24, 2.45) is 0 Å². The number of rotatable bonds is 7. The molecule has 0 unspecified atom stereocenters. The smallest absolute Gasteiger partial charge is 0.244 e. The van der Waals surface area contributed by atoms with Crippen molar-refractivity contribution >= 4 is 15.7 Å². The molecule has 0 heterocycles. The zero-order valence-electron chi connectivity index (χ0n) is 12.6. The molecular formula is C14H24N2O3S. The summed E-state index contributed by atoms with van der Waals surface area (Å²) in [6.45, 7) is 7.99. The SMILES string of the molecule is CCOc1ccc(N)cc1S(=O)(=O)NC(C)(CC)CC. The number of nitrogens with two attached hydrogens (primary N) is 1. The molecule has 3 N–H and O–H groups in total. The molecule has 0 radical (unpaired) electrons. The van der Waals surface area contributed by atoms with Gasteiger partial charge in [-0.3, -0.25) is 0 Å². The number of hydrogen-bond acceptors (Lipinski definition) is 4. The first-order valence-corrected chi connectivity index (χ1v) is 8.32. The Morgan fingerprint density at radius 3 is 2.35 bits per heavy atom. The lowest BCUT2D eigenvalue weighted by atomic mass is 9.98. The maximum Gasteiger partial charge on any atom is 0.244 e. The normalized spacial score (nSPS) is 12.4. The van der Waals surface area contributed by atoms with Gasteiger partial charge in [-0.2, -0.15) is 0 Å². The molecule has 0 spiro atoms. The first-order valence-electron chi connectivity index (χ1n) is 6.84. The molecule has 0 fully saturated rings. The van der Waals surface area contributed by atoms with E-state index in [-0.39, 0.29) is 4.90 Å². The first-order chi connectivity index (χ1) is 9.28. The van der Waals surface area contributed by atoms with Gasteiger partial charge >= 0.3 is 0 Å². The Labute approximate surface area is 121 Å². The van der Waals surface area contributed by atoms with E-state index in [0.29, 0.717) is 30.9 Å². The van der Waals surface area contributed by atoms with Crippen LogP contribution in [0.2, 0.25) is 0 Å². The molecule has 0 amide bonds. The zero-order chi connectivity index (χ0) is 15.4. The number of anilines is 1. The van der Waals surface area contributed by atoms with Crippen molar-refractivity contribution in [2.45, 2.75) is 51.0 Å². The summed E-state index contributed by atoms with van der Waals surface area (Å²) in [5.41, 5.74) is 5.61. The molecule has 1 rings (SSSR count). The Morgan fingerprint density at radius 1 is 1.25 bits per heavy atom. The predicted molar refractivity (Wildman–Crippen MR) is 81.3 cm³/mol. The van der Waals surface area contributed by atoms with Gasteiger partial charge in [-0.25, -0.2) is 13.1 Å². The summed E-state index contributed by atoms with van der Waals surface area (Å²) in [4.78, 5) is 0.0903. The van der Waals surface area contributed by atoms with E-state index >= 15 is 0 Å². The molecule has 114 valence electrons. The number of ether oxygens (including phenoxy) is 1. The van der Waals surface area contributed by atoms with E-state index in [0.717, 1.165) is 0 Å². The molecule has 0 saturated carbocycles. The summed E-state index contributed by atoms with van der Waals surface area (Å²) in [7, 11) is -3.67. The highest BCUT2D eigenvalue weighted by atomic mass is 32.2. The average Bonchev–Trinajstić information content (AvgIpc) is 2.40. The highest BCUT2D eigenvalue weighted by Crippen LogP contribution is 2.28. The highest BCUT2D eigenvalue weighted by Gasteiger charge is 2.29. The molecule has 0 bridgehead atoms. The molecule has 0 aromatic heterocycles. The van der Waals surface area contributed by atoms with Crippen LogP contribution in [0.3, 0.4) is 0 Å². The molecule has 0 aliphatic carbocycles. The van der Waals surface area contributed by atoms with Crippen LogP contribution < -0.4 is 15.2 Å². The number of hydrogen-bond donors (Lipinski definition) is 2. The van der Waals surface area contributed by atoms with Gasteiger partial charge in [-0.05, 0) is 44.9 Å².